The Balaban J connectivity index is 2.71. The zero-order valence-electron chi connectivity index (χ0n) is 24.8. The molecule has 0 aliphatic carbocycles. The summed E-state index contributed by atoms with van der Waals surface area (Å²) in [6.45, 7) is 6.44. The van der Waals surface area contributed by atoms with Crippen LogP contribution in [-0.2, 0) is 16.0 Å². The number of hydrogen-bond acceptors (Lipinski definition) is 3. The molecule has 218 valence electrons. The van der Waals surface area contributed by atoms with E-state index in [0.29, 0.717) is 19.3 Å². The topological polar surface area (TPSA) is 83.6 Å². The van der Waals surface area contributed by atoms with Gasteiger partial charge in [-0.25, -0.2) is 4.79 Å². The average molecular weight is 531 g/mol. The van der Waals surface area contributed by atoms with Crippen molar-refractivity contribution in [2.24, 2.45) is 5.73 Å². The number of rotatable bonds is 24. The third kappa shape index (κ3) is 15.5. The number of benzene rings is 1. The van der Waals surface area contributed by atoms with Gasteiger partial charge in [-0.3, -0.25) is 4.79 Å². The maximum Gasteiger partial charge on any atom is 0.326 e. The number of carbonyl (C=O) groups is 2. The van der Waals surface area contributed by atoms with Crippen LogP contribution in [0.2, 0.25) is 0 Å². The number of carboxylic acids is 1. The molecule has 0 spiro atoms. The van der Waals surface area contributed by atoms with E-state index in [4.69, 9.17) is 5.73 Å². The van der Waals surface area contributed by atoms with Crippen LogP contribution in [0.4, 0.5) is 0 Å². The molecular weight excluding hydrogens is 472 g/mol. The number of nitrogens with zero attached hydrogens (tertiary/aromatic N) is 1. The van der Waals surface area contributed by atoms with Crippen LogP contribution >= 0.6 is 0 Å². The smallest absolute Gasteiger partial charge is 0.326 e. The van der Waals surface area contributed by atoms with Gasteiger partial charge in [-0.05, 0) is 31.7 Å². The minimum atomic E-state index is -0.939. The first-order valence-electron chi connectivity index (χ1n) is 15.7. The molecule has 3 N–H and O–H groups in total. The molecule has 1 aromatic rings. The molecule has 5 nitrogen and oxygen atoms in total. The molecule has 3 atom stereocenters. The van der Waals surface area contributed by atoms with Gasteiger partial charge in [0.2, 0.25) is 5.91 Å². The van der Waals surface area contributed by atoms with E-state index in [1.165, 1.54) is 70.6 Å². The maximum atomic E-state index is 13.5. The first-order chi connectivity index (χ1) is 18.4. The Bertz CT molecular complexity index is 724. The quantitative estimate of drug-likeness (QED) is 0.132. The van der Waals surface area contributed by atoms with Crippen molar-refractivity contribution in [1.29, 1.82) is 0 Å². The summed E-state index contributed by atoms with van der Waals surface area (Å²) >= 11 is 0. The molecule has 5 heteroatoms. The summed E-state index contributed by atoms with van der Waals surface area (Å²) in [7, 11) is 0. The van der Waals surface area contributed by atoms with Gasteiger partial charge in [0.25, 0.3) is 0 Å². The number of aliphatic carboxylic acids is 1. The summed E-state index contributed by atoms with van der Waals surface area (Å²) in [5, 5.41) is 10.2. The monoisotopic (exact) mass is 530 g/mol. The Morgan fingerprint density at radius 3 is 1.82 bits per heavy atom. The Labute approximate surface area is 234 Å². The van der Waals surface area contributed by atoms with Gasteiger partial charge in [0.15, 0.2) is 0 Å². The fourth-order valence-corrected chi connectivity index (χ4v) is 5.44. The molecule has 1 rings (SSSR count). The second-order valence-electron chi connectivity index (χ2n) is 11.3. The van der Waals surface area contributed by atoms with Crippen LogP contribution in [0.25, 0.3) is 0 Å². The van der Waals surface area contributed by atoms with E-state index in [0.717, 1.165) is 37.7 Å². The lowest BCUT2D eigenvalue weighted by atomic mass is 9.97. The van der Waals surface area contributed by atoms with Crippen molar-refractivity contribution in [3.63, 3.8) is 0 Å². The third-order valence-electron chi connectivity index (χ3n) is 7.72. The molecule has 0 aliphatic heterocycles. The highest BCUT2D eigenvalue weighted by atomic mass is 16.4. The van der Waals surface area contributed by atoms with Crippen molar-refractivity contribution in [1.82, 2.24) is 4.90 Å². The fraction of sp³-hybridized carbons (Fsp3) is 0.758. The van der Waals surface area contributed by atoms with Crippen LogP contribution < -0.4 is 5.73 Å². The zero-order chi connectivity index (χ0) is 28.0. The second-order valence-corrected chi connectivity index (χ2v) is 11.3. The number of unbranched alkanes of at least 4 members (excludes halogenated alkanes) is 13. The second kappa shape index (κ2) is 22.0. The predicted octanol–water partition coefficient (Wildman–Crippen LogP) is 8.29. The fourth-order valence-electron chi connectivity index (χ4n) is 5.44. The summed E-state index contributed by atoms with van der Waals surface area (Å²) in [4.78, 5) is 27.6. The highest BCUT2D eigenvalue weighted by Gasteiger charge is 2.33. The van der Waals surface area contributed by atoms with E-state index in [-0.39, 0.29) is 18.0 Å². The van der Waals surface area contributed by atoms with Gasteiger partial charge in [-0.2, -0.15) is 0 Å². The van der Waals surface area contributed by atoms with Crippen LogP contribution in [0.15, 0.2) is 30.3 Å². The summed E-state index contributed by atoms with van der Waals surface area (Å²) in [5.41, 5.74) is 7.43. The molecule has 0 fully saturated rings. The lowest BCUT2D eigenvalue weighted by molar-refractivity contribution is -0.152. The van der Waals surface area contributed by atoms with E-state index in [9.17, 15) is 14.7 Å². The SMILES string of the molecule is CCCCCCCCCCCC(=O)N(C(C)CC(N)CCCCCCCC)[C@@H](Cc1ccccc1)C(=O)O. The Morgan fingerprint density at radius 2 is 1.29 bits per heavy atom. The molecule has 1 aromatic carbocycles. The Kier molecular flexibility index (Phi) is 19.8. The number of nitrogens with two attached hydrogens (primary N) is 1. The lowest BCUT2D eigenvalue weighted by Gasteiger charge is -2.36. The summed E-state index contributed by atoms with van der Waals surface area (Å²) in [6, 6.07) is 8.54. The molecule has 38 heavy (non-hydrogen) atoms. The van der Waals surface area contributed by atoms with Crippen LogP contribution in [0.3, 0.4) is 0 Å². The van der Waals surface area contributed by atoms with Gasteiger partial charge in [-0.15, -0.1) is 0 Å². The molecule has 0 aromatic heterocycles. The Hall–Kier alpha value is -1.88. The van der Waals surface area contributed by atoms with Crippen molar-refractivity contribution in [3.8, 4) is 0 Å². The lowest BCUT2D eigenvalue weighted by Crippen LogP contribution is -2.52. The van der Waals surface area contributed by atoms with Crippen LogP contribution in [0.5, 0.6) is 0 Å². The van der Waals surface area contributed by atoms with Crippen molar-refractivity contribution in [3.05, 3.63) is 35.9 Å². The van der Waals surface area contributed by atoms with Gasteiger partial charge in [0.05, 0.1) is 0 Å². The van der Waals surface area contributed by atoms with Gasteiger partial charge in [-0.1, -0.05) is 134 Å². The first-order valence-corrected chi connectivity index (χ1v) is 15.7. The number of carbonyl (C=O) groups excluding carboxylic acids is 1. The van der Waals surface area contributed by atoms with E-state index >= 15 is 0 Å². The van der Waals surface area contributed by atoms with E-state index in [1.807, 2.05) is 37.3 Å². The summed E-state index contributed by atoms with van der Waals surface area (Å²) < 4.78 is 0. The molecule has 0 aliphatic rings. The highest BCUT2D eigenvalue weighted by Crippen LogP contribution is 2.21. The van der Waals surface area contributed by atoms with Crippen molar-refractivity contribution >= 4 is 11.9 Å². The van der Waals surface area contributed by atoms with Crippen LogP contribution in [0.1, 0.15) is 142 Å². The average Bonchev–Trinajstić information content (AvgIpc) is 2.89. The molecule has 0 bridgehead atoms. The number of amides is 1. The predicted molar refractivity (Wildman–Crippen MR) is 160 cm³/mol. The summed E-state index contributed by atoms with van der Waals surface area (Å²) in [5.74, 6) is -0.985. The third-order valence-corrected chi connectivity index (χ3v) is 7.72. The normalized spacial score (nSPS) is 13.7. The minimum absolute atomic E-state index is 0.0228. The van der Waals surface area contributed by atoms with Crippen molar-refractivity contribution in [2.75, 3.05) is 0 Å². The molecule has 0 saturated carbocycles. The molecule has 0 saturated heterocycles. The zero-order valence-corrected chi connectivity index (χ0v) is 24.8. The molecule has 0 heterocycles. The molecule has 1 amide bonds. The maximum absolute atomic E-state index is 13.5. The number of carboxylic acid groups (broad SMARTS) is 1. The standard InChI is InChI=1S/C33H58N2O3/c1-4-6-8-10-12-13-14-16-21-25-32(36)35(31(33(37)38)27-29-22-18-17-19-23-29)28(3)26-30(34)24-20-15-11-9-7-5-2/h17-19,22-23,28,30-31H,4-16,20-21,24-27,34H2,1-3H3,(H,37,38)/t28?,30?,31-/m0/s1. The van der Waals surface area contributed by atoms with Crippen molar-refractivity contribution in [2.45, 2.75) is 161 Å². The van der Waals surface area contributed by atoms with Gasteiger partial charge in [0.1, 0.15) is 6.04 Å². The van der Waals surface area contributed by atoms with Gasteiger partial charge < -0.3 is 15.7 Å². The van der Waals surface area contributed by atoms with Gasteiger partial charge in [0, 0.05) is 24.9 Å². The first kappa shape index (κ1) is 34.1. The van der Waals surface area contributed by atoms with E-state index in [2.05, 4.69) is 13.8 Å². The largest absolute Gasteiger partial charge is 0.480 e. The molecule has 2 unspecified atom stereocenters. The van der Waals surface area contributed by atoms with E-state index < -0.39 is 12.0 Å². The van der Waals surface area contributed by atoms with Crippen LogP contribution in [-0.4, -0.2) is 40.0 Å². The van der Waals surface area contributed by atoms with E-state index in [1.54, 1.807) is 4.90 Å². The minimum Gasteiger partial charge on any atom is -0.480 e. The van der Waals surface area contributed by atoms with Crippen molar-refractivity contribution < 1.29 is 14.7 Å². The van der Waals surface area contributed by atoms with Gasteiger partial charge >= 0.3 is 5.97 Å². The van der Waals surface area contributed by atoms with Crippen LogP contribution in [0, 0.1) is 0 Å². The molecular formula is C33H58N2O3. The highest BCUT2D eigenvalue weighted by molar-refractivity contribution is 5.84. The molecule has 0 radical (unpaired) electrons. The Morgan fingerprint density at radius 1 is 0.789 bits per heavy atom. The number of hydrogen-bond donors (Lipinski definition) is 2. The summed E-state index contributed by atoms with van der Waals surface area (Å²) in [6.07, 6.45) is 20.3.